The van der Waals surface area contributed by atoms with Crippen molar-refractivity contribution in [3.05, 3.63) is 194 Å². The Bertz CT molecular complexity index is 2700. The average molecular weight is 710 g/mol. The maximum absolute atomic E-state index is 7.08. The minimum absolute atomic E-state index is 0.0832. The first-order valence-corrected chi connectivity index (χ1v) is 21.1. The summed E-state index contributed by atoms with van der Waals surface area (Å²) in [5.74, 6) is 1.95. The predicted molar refractivity (Wildman–Crippen MR) is 227 cm³/mol. The Balaban J connectivity index is 1.16. The van der Waals surface area contributed by atoms with Crippen LogP contribution in [0.15, 0.2) is 199 Å². The van der Waals surface area contributed by atoms with Crippen molar-refractivity contribution in [3.63, 3.8) is 0 Å². The molecule has 0 bridgehead atoms. The third-order valence-electron chi connectivity index (χ3n) is 11.2. The lowest BCUT2D eigenvalue weighted by molar-refractivity contribution is 0.488. The Kier molecular flexibility index (Phi) is 6.94. The van der Waals surface area contributed by atoms with Gasteiger partial charge in [0.05, 0.1) is 16.7 Å². The number of hydrogen-bond donors (Lipinski definition) is 0. The van der Waals surface area contributed by atoms with Gasteiger partial charge in [-0.05, 0) is 73.1 Å². The zero-order valence-corrected chi connectivity index (χ0v) is 30.6. The zero-order valence-electron chi connectivity index (χ0n) is 28.8. The minimum Gasteiger partial charge on any atom is -0.458 e. The van der Waals surface area contributed by atoms with Crippen molar-refractivity contribution >= 4 is 79.2 Å². The Hall–Kier alpha value is -6.01. The molecule has 2 aliphatic rings. The smallest absolute Gasteiger partial charge is 0.289 e. The van der Waals surface area contributed by atoms with Crippen molar-refractivity contribution in [2.24, 2.45) is 0 Å². The highest BCUT2D eigenvalue weighted by molar-refractivity contribution is 8.28. The van der Waals surface area contributed by atoms with Gasteiger partial charge in [-0.2, -0.15) is 11.6 Å². The first-order chi connectivity index (χ1) is 26.3. The fourth-order valence-electron chi connectivity index (χ4n) is 8.98. The number of ether oxygens (including phenoxy) is 1. The summed E-state index contributed by atoms with van der Waals surface area (Å²) in [6.45, 7) is 0. The maximum atomic E-state index is 7.08. The standard InChI is InChI=1S/C48H32BNOSSi/c1-4-16-34(17-5-1)53(35-18-6-2-7-19-35,36-20-8-3-9-21-36)37-28-29-45-42(32-37)49-48-41(40-24-12-15-27-47(40)52-49)30-33(31-46(48)51-45)50-43-25-13-10-22-38(43)39-23-11-14-26-44(39)50/h1-32H. The van der Waals surface area contributed by atoms with Crippen LogP contribution in [0.1, 0.15) is 0 Å². The van der Waals surface area contributed by atoms with Gasteiger partial charge in [0.25, 0.3) is 5.99 Å². The summed E-state index contributed by atoms with van der Waals surface area (Å²) >= 11 is 1.95. The maximum Gasteiger partial charge on any atom is 0.289 e. The van der Waals surface area contributed by atoms with E-state index in [1.807, 2.05) is 11.6 Å². The van der Waals surface area contributed by atoms with Crippen LogP contribution in [-0.2, 0) is 0 Å². The van der Waals surface area contributed by atoms with Gasteiger partial charge in [0.15, 0.2) is 8.07 Å². The molecule has 0 unspecified atom stereocenters. The van der Waals surface area contributed by atoms with Gasteiger partial charge in [0.1, 0.15) is 11.5 Å². The van der Waals surface area contributed by atoms with E-state index in [2.05, 4.69) is 199 Å². The zero-order chi connectivity index (χ0) is 34.9. The normalized spacial score (nSPS) is 12.9. The van der Waals surface area contributed by atoms with Gasteiger partial charge >= 0.3 is 0 Å². The molecule has 1 aromatic heterocycles. The summed E-state index contributed by atoms with van der Waals surface area (Å²) in [7, 11) is -2.73. The highest BCUT2D eigenvalue weighted by atomic mass is 32.2. The molecule has 0 spiro atoms. The molecular weight excluding hydrogens is 677 g/mol. The molecule has 248 valence electrons. The van der Waals surface area contributed by atoms with E-state index in [0.717, 1.165) is 17.2 Å². The topological polar surface area (TPSA) is 14.2 Å². The molecule has 0 saturated carbocycles. The van der Waals surface area contributed by atoms with Crippen LogP contribution in [0.2, 0.25) is 0 Å². The lowest BCUT2D eigenvalue weighted by Crippen LogP contribution is -2.75. The highest BCUT2D eigenvalue weighted by Gasteiger charge is 2.44. The van der Waals surface area contributed by atoms with Gasteiger partial charge in [-0.25, -0.2) is 0 Å². The molecule has 5 heteroatoms. The summed E-state index contributed by atoms with van der Waals surface area (Å²) in [4.78, 5) is 1.30. The van der Waals surface area contributed by atoms with Gasteiger partial charge in [0, 0.05) is 21.7 Å². The molecule has 0 saturated heterocycles. The Morgan fingerprint density at radius 3 is 1.62 bits per heavy atom. The number of hydrogen-bond acceptors (Lipinski definition) is 2. The van der Waals surface area contributed by atoms with Crippen molar-refractivity contribution in [1.29, 1.82) is 0 Å². The second-order valence-corrected chi connectivity index (χ2v) is 18.9. The third kappa shape index (κ3) is 4.54. The van der Waals surface area contributed by atoms with Crippen LogP contribution in [-0.4, -0.2) is 18.6 Å². The van der Waals surface area contributed by atoms with Gasteiger partial charge in [-0.3, -0.25) is 0 Å². The number of fused-ring (bicyclic) bond motifs is 7. The summed E-state index contributed by atoms with van der Waals surface area (Å²) in [6, 6.07) is 71.6. The van der Waals surface area contributed by atoms with Crippen LogP contribution in [0.25, 0.3) is 38.6 Å². The Labute approximate surface area is 314 Å². The van der Waals surface area contributed by atoms with Crippen molar-refractivity contribution in [2.45, 2.75) is 4.90 Å². The predicted octanol–water partition coefficient (Wildman–Crippen LogP) is 8.15. The molecule has 3 heterocycles. The number of rotatable bonds is 5. The molecule has 9 aromatic rings. The minimum atomic E-state index is -2.73. The molecule has 2 nitrogen and oxygen atoms in total. The molecule has 0 N–H and O–H groups in total. The second kappa shape index (κ2) is 12.0. The fraction of sp³-hybridized carbons (Fsp3) is 0. The average Bonchev–Trinajstić information content (AvgIpc) is 3.57. The van der Waals surface area contributed by atoms with Gasteiger partial charge in [0.2, 0.25) is 0 Å². The lowest BCUT2D eigenvalue weighted by atomic mass is 9.57. The second-order valence-electron chi connectivity index (χ2n) is 14.0. The largest absolute Gasteiger partial charge is 0.458 e. The summed E-state index contributed by atoms with van der Waals surface area (Å²) in [5, 5.41) is 7.97. The molecule has 0 radical (unpaired) electrons. The number of para-hydroxylation sites is 2. The van der Waals surface area contributed by atoms with Crippen LogP contribution >= 0.6 is 11.6 Å². The quantitative estimate of drug-likeness (QED) is 0.132. The summed E-state index contributed by atoms with van der Waals surface area (Å²) in [5.41, 5.74) is 8.50. The van der Waals surface area contributed by atoms with Crippen LogP contribution in [0.5, 0.6) is 11.5 Å². The monoisotopic (exact) mass is 709 g/mol. The van der Waals surface area contributed by atoms with E-state index in [1.54, 1.807) is 0 Å². The SMILES string of the molecule is c1ccc([Si](c2ccccc2)(c2ccccc2)c2ccc3c(c2)B2Sc4ccccc4-c4cc(-n5c6ccccc6c6ccccc65)cc(c42)O3)cc1. The van der Waals surface area contributed by atoms with E-state index >= 15 is 0 Å². The highest BCUT2D eigenvalue weighted by Crippen LogP contribution is 2.44. The molecule has 11 rings (SSSR count). The van der Waals surface area contributed by atoms with Crippen molar-refractivity contribution < 1.29 is 4.74 Å². The molecule has 53 heavy (non-hydrogen) atoms. The van der Waals surface area contributed by atoms with E-state index in [9.17, 15) is 0 Å². The molecule has 0 amide bonds. The van der Waals surface area contributed by atoms with E-state index in [0.29, 0.717) is 0 Å². The molecule has 2 aliphatic heterocycles. The Morgan fingerprint density at radius 1 is 0.453 bits per heavy atom. The van der Waals surface area contributed by atoms with Crippen molar-refractivity contribution in [1.82, 2.24) is 4.57 Å². The van der Waals surface area contributed by atoms with Crippen LogP contribution < -0.4 is 36.4 Å². The van der Waals surface area contributed by atoms with Crippen LogP contribution in [0.4, 0.5) is 0 Å². The van der Waals surface area contributed by atoms with Gasteiger partial charge < -0.3 is 9.30 Å². The van der Waals surface area contributed by atoms with E-state index in [4.69, 9.17) is 4.74 Å². The lowest BCUT2D eigenvalue weighted by Gasteiger charge is -2.37. The molecular formula is C48H32BNOSSi. The fourth-order valence-corrected chi connectivity index (χ4v) is 15.1. The van der Waals surface area contributed by atoms with E-state index < -0.39 is 8.07 Å². The first kappa shape index (κ1) is 30.6. The number of benzene rings is 8. The number of aromatic nitrogens is 1. The van der Waals surface area contributed by atoms with Crippen molar-refractivity contribution in [3.8, 4) is 28.3 Å². The number of nitrogens with zero attached hydrogens (tertiary/aromatic N) is 1. The van der Waals surface area contributed by atoms with Crippen LogP contribution in [0.3, 0.4) is 0 Å². The third-order valence-corrected chi connectivity index (χ3v) is 17.3. The molecule has 8 aromatic carbocycles. The van der Waals surface area contributed by atoms with Crippen LogP contribution in [0, 0.1) is 0 Å². The molecule has 0 fully saturated rings. The summed E-state index contributed by atoms with van der Waals surface area (Å²) in [6.07, 6.45) is 0. The van der Waals surface area contributed by atoms with E-state index in [1.165, 1.54) is 69.5 Å². The Morgan fingerprint density at radius 2 is 1.00 bits per heavy atom. The first-order valence-electron chi connectivity index (χ1n) is 18.2. The van der Waals surface area contributed by atoms with Crippen molar-refractivity contribution in [2.75, 3.05) is 0 Å². The molecule has 0 aliphatic carbocycles. The van der Waals surface area contributed by atoms with Gasteiger partial charge in [-0.15, -0.1) is 0 Å². The molecule has 0 atom stereocenters. The van der Waals surface area contributed by atoms with Gasteiger partial charge in [-0.1, -0.05) is 158 Å². The summed E-state index contributed by atoms with van der Waals surface area (Å²) < 4.78 is 9.48. The van der Waals surface area contributed by atoms with E-state index in [-0.39, 0.29) is 5.99 Å².